The van der Waals surface area contributed by atoms with Gasteiger partial charge in [0.15, 0.2) is 0 Å². The molecule has 0 N–H and O–H groups in total. The van der Waals surface area contributed by atoms with E-state index in [2.05, 4.69) is 128 Å². The summed E-state index contributed by atoms with van der Waals surface area (Å²) in [5.41, 5.74) is 11.7. The van der Waals surface area contributed by atoms with E-state index < -0.39 is 0 Å². The van der Waals surface area contributed by atoms with Crippen LogP contribution in [0.5, 0.6) is 0 Å². The smallest absolute Gasteiger partial charge is 0.123 e. The van der Waals surface area contributed by atoms with E-state index in [1.54, 1.807) is 11.8 Å². The van der Waals surface area contributed by atoms with Gasteiger partial charge in [-0.05, 0) is 65.1 Å². The maximum absolute atomic E-state index is 5.04. The molecule has 4 heteroatoms. The zero-order chi connectivity index (χ0) is 26.1. The fourth-order valence-corrected chi connectivity index (χ4v) is 7.51. The Morgan fingerprint density at radius 2 is 1.46 bits per heavy atom. The minimum absolute atomic E-state index is 0.0565. The summed E-state index contributed by atoms with van der Waals surface area (Å²) in [6.45, 7) is 4.65. The van der Waals surface area contributed by atoms with Crippen LogP contribution in [0.1, 0.15) is 43.0 Å². The molecule has 3 nitrogen and oxygen atoms in total. The lowest BCUT2D eigenvalue weighted by Gasteiger charge is -2.42. The molecule has 1 atom stereocenters. The molecule has 4 aromatic carbocycles. The number of hydrogen-bond donors (Lipinski definition) is 0. The van der Waals surface area contributed by atoms with Crippen LogP contribution in [0.4, 0.5) is 17.1 Å². The van der Waals surface area contributed by atoms with Crippen molar-refractivity contribution in [3.05, 3.63) is 131 Å². The molecule has 5 aromatic rings. The van der Waals surface area contributed by atoms with Gasteiger partial charge in [-0.15, -0.1) is 0 Å². The van der Waals surface area contributed by atoms with Crippen molar-refractivity contribution in [3.8, 4) is 11.1 Å². The Balaban J connectivity index is 1.17. The van der Waals surface area contributed by atoms with E-state index in [4.69, 9.17) is 9.97 Å². The second-order valence-corrected chi connectivity index (χ2v) is 12.1. The van der Waals surface area contributed by atoms with E-state index in [9.17, 15) is 0 Å². The second-order valence-electron chi connectivity index (χ2n) is 11.0. The molecule has 39 heavy (non-hydrogen) atoms. The first-order chi connectivity index (χ1) is 19.1. The van der Waals surface area contributed by atoms with Gasteiger partial charge in [0.1, 0.15) is 5.03 Å². The third-order valence-electron chi connectivity index (χ3n) is 8.41. The first kappa shape index (κ1) is 22.8. The van der Waals surface area contributed by atoms with Gasteiger partial charge in [-0.2, -0.15) is 0 Å². The normalized spacial score (nSPS) is 18.3. The van der Waals surface area contributed by atoms with Gasteiger partial charge in [-0.25, -0.2) is 9.97 Å². The number of fused-ring (bicyclic) bond motifs is 6. The van der Waals surface area contributed by atoms with Gasteiger partial charge in [0.25, 0.3) is 0 Å². The van der Waals surface area contributed by atoms with Gasteiger partial charge >= 0.3 is 0 Å². The van der Waals surface area contributed by atoms with Crippen molar-refractivity contribution in [2.75, 3.05) is 4.90 Å². The molecular formula is C35H27N3S. The minimum Gasteiger partial charge on any atom is -0.310 e. The van der Waals surface area contributed by atoms with Crippen molar-refractivity contribution in [1.82, 2.24) is 9.97 Å². The quantitative estimate of drug-likeness (QED) is 0.231. The summed E-state index contributed by atoms with van der Waals surface area (Å²) in [5, 5.41) is 1.06. The Morgan fingerprint density at radius 3 is 2.21 bits per heavy atom. The number of aromatic nitrogens is 2. The van der Waals surface area contributed by atoms with E-state index >= 15 is 0 Å². The van der Waals surface area contributed by atoms with Crippen LogP contribution in [0, 0.1) is 0 Å². The van der Waals surface area contributed by atoms with Gasteiger partial charge < -0.3 is 4.90 Å². The number of benzene rings is 4. The van der Waals surface area contributed by atoms with Crippen molar-refractivity contribution in [2.24, 2.45) is 0 Å². The molecule has 1 aliphatic carbocycles. The molecule has 8 rings (SSSR count). The number of allylic oxidation sites excluding steroid dienone is 4. The summed E-state index contributed by atoms with van der Waals surface area (Å²) in [6.07, 6.45) is 7.60. The number of rotatable bonds is 2. The van der Waals surface area contributed by atoms with Gasteiger partial charge in [0.05, 0.1) is 28.1 Å². The van der Waals surface area contributed by atoms with E-state index in [0.29, 0.717) is 5.92 Å². The van der Waals surface area contributed by atoms with Crippen LogP contribution in [-0.4, -0.2) is 9.97 Å². The van der Waals surface area contributed by atoms with Crippen LogP contribution in [0.25, 0.3) is 22.2 Å². The van der Waals surface area contributed by atoms with E-state index in [-0.39, 0.29) is 5.41 Å². The summed E-state index contributed by atoms with van der Waals surface area (Å²) in [4.78, 5) is 13.8. The second kappa shape index (κ2) is 8.42. The lowest BCUT2D eigenvalue weighted by molar-refractivity contribution is 0.632. The predicted molar refractivity (Wildman–Crippen MR) is 162 cm³/mol. The van der Waals surface area contributed by atoms with Crippen LogP contribution in [0.2, 0.25) is 0 Å². The molecule has 0 saturated heterocycles. The third-order valence-corrected chi connectivity index (χ3v) is 9.56. The molecule has 3 heterocycles. The molecule has 0 bridgehead atoms. The Labute approximate surface area is 232 Å². The molecule has 0 saturated carbocycles. The molecule has 0 fully saturated rings. The van der Waals surface area contributed by atoms with Crippen LogP contribution in [-0.2, 0) is 5.41 Å². The van der Waals surface area contributed by atoms with Crippen molar-refractivity contribution in [2.45, 2.75) is 36.6 Å². The highest BCUT2D eigenvalue weighted by molar-refractivity contribution is 8.03. The Bertz CT molecular complexity index is 1800. The highest BCUT2D eigenvalue weighted by Gasteiger charge is 2.36. The highest BCUT2D eigenvalue weighted by atomic mass is 32.2. The fraction of sp³-hybridized carbons (Fsp3) is 0.143. The minimum atomic E-state index is -0.0565. The molecular weight excluding hydrogens is 494 g/mol. The molecule has 0 spiro atoms. The molecule has 3 aliphatic rings. The van der Waals surface area contributed by atoms with Gasteiger partial charge in [0, 0.05) is 21.9 Å². The Hall–Kier alpha value is -4.15. The SMILES string of the molecule is CC1(C)c2ccccc2N(c2ccc(-c3ccc4nc5c(nc4c3)SC3=CC=CCC35)cc2)c2ccccc21. The average molecular weight is 522 g/mol. The van der Waals surface area contributed by atoms with Gasteiger partial charge in [-0.1, -0.05) is 98.4 Å². The largest absolute Gasteiger partial charge is 0.310 e. The first-order valence-corrected chi connectivity index (χ1v) is 14.4. The zero-order valence-electron chi connectivity index (χ0n) is 21.9. The van der Waals surface area contributed by atoms with Crippen molar-refractivity contribution < 1.29 is 0 Å². The summed E-state index contributed by atoms with van der Waals surface area (Å²) in [5.74, 6) is 0.370. The fourth-order valence-electron chi connectivity index (χ4n) is 6.36. The van der Waals surface area contributed by atoms with E-state index in [0.717, 1.165) is 39.4 Å². The van der Waals surface area contributed by atoms with Crippen molar-refractivity contribution in [1.29, 1.82) is 0 Å². The number of hydrogen-bond acceptors (Lipinski definition) is 4. The van der Waals surface area contributed by atoms with Crippen molar-refractivity contribution >= 4 is 39.9 Å². The maximum Gasteiger partial charge on any atom is 0.123 e. The van der Waals surface area contributed by atoms with Crippen LogP contribution in [0.15, 0.2) is 119 Å². The molecule has 0 amide bonds. The topological polar surface area (TPSA) is 29.0 Å². The lowest BCUT2D eigenvalue weighted by atomic mass is 9.73. The molecule has 188 valence electrons. The van der Waals surface area contributed by atoms with E-state index in [1.165, 1.54) is 33.0 Å². The third kappa shape index (κ3) is 3.44. The van der Waals surface area contributed by atoms with Gasteiger partial charge in [0.2, 0.25) is 0 Å². The number of thioether (sulfide) groups is 1. The monoisotopic (exact) mass is 521 g/mol. The first-order valence-electron chi connectivity index (χ1n) is 13.5. The maximum atomic E-state index is 5.04. The van der Waals surface area contributed by atoms with Crippen LogP contribution >= 0.6 is 11.8 Å². The highest BCUT2D eigenvalue weighted by Crippen LogP contribution is 2.52. The van der Waals surface area contributed by atoms with Crippen molar-refractivity contribution in [3.63, 3.8) is 0 Å². The summed E-state index contributed by atoms with van der Waals surface area (Å²) < 4.78 is 0. The number of nitrogens with zero attached hydrogens (tertiary/aromatic N) is 3. The van der Waals surface area contributed by atoms with Gasteiger partial charge in [-0.3, -0.25) is 0 Å². The summed E-state index contributed by atoms with van der Waals surface area (Å²) >= 11 is 1.77. The summed E-state index contributed by atoms with van der Waals surface area (Å²) in [6, 6.07) is 33.0. The Morgan fingerprint density at radius 1 is 0.769 bits per heavy atom. The molecule has 1 unspecified atom stereocenters. The zero-order valence-corrected chi connectivity index (χ0v) is 22.7. The molecule has 0 radical (unpaired) electrons. The number of anilines is 3. The van der Waals surface area contributed by atoms with Crippen LogP contribution in [0.3, 0.4) is 0 Å². The van der Waals surface area contributed by atoms with Crippen LogP contribution < -0.4 is 4.90 Å². The average Bonchev–Trinajstić information content (AvgIpc) is 3.34. The predicted octanol–water partition coefficient (Wildman–Crippen LogP) is 9.44. The standard InChI is InChI=1S/C35H27N3S/c1-35(2)26-10-4-6-12-30(26)38(31-13-7-5-11-27(31)35)24-18-15-22(16-19-24)23-17-20-28-29(21-23)37-34-33(36-28)25-9-3-8-14-32(25)39-34/h3-8,10-21,25H,9H2,1-2H3. The summed E-state index contributed by atoms with van der Waals surface area (Å²) in [7, 11) is 0. The molecule has 2 aliphatic heterocycles. The number of para-hydroxylation sites is 2. The van der Waals surface area contributed by atoms with E-state index in [1.807, 2.05) is 0 Å². The molecule has 1 aromatic heterocycles. The lowest BCUT2D eigenvalue weighted by Crippen LogP contribution is -2.30. The Kier molecular flexibility index (Phi) is 4.92.